The lowest BCUT2D eigenvalue weighted by Crippen LogP contribution is -3.02. The molecule has 0 heterocycles. The van der Waals surface area contributed by atoms with Crippen LogP contribution in [0.25, 0.3) is 43.1 Å². The molecule has 22 heteroatoms. The highest BCUT2D eigenvalue weighted by molar-refractivity contribution is 7.23. The molecule has 0 saturated carbocycles. The Labute approximate surface area is 349 Å². The molecule has 0 radical (unpaired) electrons. The second-order valence-electron chi connectivity index (χ2n) is 14.9. The summed E-state index contributed by atoms with van der Waals surface area (Å²) < 4.78 is 318. The molecule has 0 unspecified atom stereocenters. The number of quaternary nitrogens is 1. The Hall–Kier alpha value is -6.58. The molecule has 0 atom stereocenters. The van der Waals surface area contributed by atoms with Gasteiger partial charge < -0.3 is 4.90 Å². The van der Waals surface area contributed by atoms with Crippen LogP contribution in [0.4, 0.5) is 87.8 Å². The van der Waals surface area contributed by atoms with Crippen molar-refractivity contribution in [1.82, 2.24) is 0 Å². The van der Waals surface area contributed by atoms with Gasteiger partial charge in [0.05, 0.1) is 42.7 Å². The summed E-state index contributed by atoms with van der Waals surface area (Å²) in [4.78, 5) is 1.42. The van der Waals surface area contributed by atoms with E-state index in [-0.39, 0.29) is 48.5 Å². The minimum atomic E-state index is -6.29. The maximum atomic E-state index is 17.3. The second kappa shape index (κ2) is 16.1. The Morgan fingerprint density at radius 2 is 0.415 bits per heavy atom. The van der Waals surface area contributed by atoms with Gasteiger partial charge in [0.2, 0.25) is 0 Å². The fourth-order valence-electron chi connectivity index (χ4n) is 8.29. The molecule has 0 aliphatic carbocycles. The van der Waals surface area contributed by atoms with Crippen molar-refractivity contribution in [1.29, 1.82) is 0 Å². The molecule has 0 aliphatic rings. The molecule has 8 aromatic rings. The molecule has 0 bridgehead atoms. The van der Waals surface area contributed by atoms with E-state index in [0.717, 1.165) is 0 Å². The van der Waals surface area contributed by atoms with Crippen LogP contribution in [-0.2, 0) is 0 Å². The van der Waals surface area contributed by atoms with Gasteiger partial charge in [-0.2, -0.15) is 0 Å². The maximum Gasteiger partial charge on any atom is 0.191 e. The third-order valence-electron chi connectivity index (χ3n) is 10.6. The number of fused-ring (bicyclic) bond motifs is 4. The number of benzene rings is 8. The second-order valence-corrected chi connectivity index (χ2v) is 14.9. The van der Waals surface area contributed by atoms with Crippen molar-refractivity contribution in [2.24, 2.45) is 0 Å². The highest BCUT2D eigenvalue weighted by Crippen LogP contribution is 2.38. The molecule has 0 spiro atoms. The average Bonchev–Trinajstić information content (AvgIpc) is 3.25. The fraction of sp³-hybridized carbons (Fsp3) is 0.0698. The van der Waals surface area contributed by atoms with Gasteiger partial charge in [0.15, 0.2) is 93.1 Å². The third kappa shape index (κ3) is 6.45. The topological polar surface area (TPSA) is 4.44 Å². The molecular formula is C43H18BF20N. The van der Waals surface area contributed by atoms with E-state index in [2.05, 4.69) is 21.1 Å². The summed E-state index contributed by atoms with van der Waals surface area (Å²) in [6, 6.07) is -0.488. The largest absolute Gasteiger partial charge is 0.342 e. The fourth-order valence-corrected chi connectivity index (χ4v) is 8.29. The van der Waals surface area contributed by atoms with E-state index in [0.29, 0.717) is 0 Å². The van der Waals surface area contributed by atoms with E-state index in [4.69, 9.17) is 0 Å². The van der Waals surface area contributed by atoms with Crippen molar-refractivity contribution in [3.05, 3.63) is 165 Å². The lowest BCUT2D eigenvalue weighted by atomic mass is 9.11. The van der Waals surface area contributed by atoms with Crippen LogP contribution in [0, 0.1) is 116 Å². The third-order valence-corrected chi connectivity index (χ3v) is 10.6. The van der Waals surface area contributed by atoms with Crippen LogP contribution in [0.2, 0.25) is 0 Å². The minimum Gasteiger partial charge on any atom is -0.342 e. The van der Waals surface area contributed by atoms with E-state index in [1.165, 1.54) is 4.90 Å². The zero-order valence-electron chi connectivity index (χ0n) is 32.3. The normalized spacial score (nSPS) is 12.1. The summed E-state index contributed by atoms with van der Waals surface area (Å²) in [7, 11) is 6.25. The molecule has 1 N–H and O–H groups in total. The summed E-state index contributed by atoms with van der Waals surface area (Å²) in [5.41, 5.74) is -9.74. The number of halogens is 20. The highest BCUT2D eigenvalue weighted by Gasteiger charge is 2.49. The average molecular weight is 939 g/mol. The van der Waals surface area contributed by atoms with E-state index < -0.39 is 187 Å². The summed E-state index contributed by atoms with van der Waals surface area (Å²) in [5.74, 6) is -54.8. The molecule has 65 heavy (non-hydrogen) atoms. The molecule has 1 nitrogen and oxygen atoms in total. The van der Waals surface area contributed by atoms with Crippen molar-refractivity contribution in [3.8, 4) is 0 Å². The standard InChI is InChI=1S/C40H8BF20.C3H9N/c42-13-5-1-9-17(25(13)46)29(50)37(58)33(54)21(9)41(22-10-2-6-14(43)26(47)18(10)30(51)38(59)34(22)55,23-11-3-7-15(44)27(48)19(11)31(52)39(60)35(23)56)24-12-4-8-16(45)28(49)20(12)32(53)40(61)36(24)57;1-4(2)3/h1-8H;1-3H3/q-1;/p+1. The first kappa shape index (κ1) is 46.4. The van der Waals surface area contributed by atoms with Crippen LogP contribution >= 0.6 is 0 Å². The van der Waals surface area contributed by atoms with E-state index >= 15 is 70.2 Å². The first-order valence-electron chi connectivity index (χ1n) is 18.1. The van der Waals surface area contributed by atoms with Crippen LogP contribution in [0.5, 0.6) is 0 Å². The van der Waals surface area contributed by atoms with Gasteiger partial charge in [-0.3, -0.25) is 0 Å². The zero-order valence-corrected chi connectivity index (χ0v) is 32.3. The predicted octanol–water partition coefficient (Wildman–Crippen LogP) is 9.22. The molecule has 0 fully saturated rings. The molecular weight excluding hydrogens is 921 g/mol. The van der Waals surface area contributed by atoms with Gasteiger partial charge in [-0.25, -0.2) is 87.8 Å². The highest BCUT2D eigenvalue weighted by atomic mass is 19.2. The van der Waals surface area contributed by atoms with Crippen LogP contribution in [0.1, 0.15) is 0 Å². The summed E-state index contributed by atoms with van der Waals surface area (Å²) in [5, 5.41) is -16.2. The zero-order chi connectivity index (χ0) is 48.2. The van der Waals surface area contributed by atoms with Crippen LogP contribution in [-0.4, -0.2) is 27.3 Å². The Bertz CT molecular complexity index is 2940. The van der Waals surface area contributed by atoms with Crippen molar-refractivity contribution >= 4 is 71.1 Å². The van der Waals surface area contributed by atoms with Gasteiger partial charge in [0.1, 0.15) is 29.4 Å². The van der Waals surface area contributed by atoms with Gasteiger partial charge in [-0.05, 0) is 45.8 Å². The number of nitrogens with one attached hydrogen (secondary N) is 1. The van der Waals surface area contributed by atoms with E-state index in [9.17, 15) is 17.6 Å². The summed E-state index contributed by atoms with van der Waals surface area (Å²) >= 11 is 0. The number of hydrogen-bond donors (Lipinski definition) is 1. The summed E-state index contributed by atoms with van der Waals surface area (Å²) in [6.07, 6.45) is -6.29. The minimum absolute atomic E-state index is 0.0220. The van der Waals surface area contributed by atoms with Crippen LogP contribution < -0.4 is 26.8 Å². The molecule has 8 rings (SSSR count). The van der Waals surface area contributed by atoms with Crippen LogP contribution in [0.15, 0.2) is 48.5 Å². The molecule has 0 saturated heterocycles. The van der Waals surface area contributed by atoms with Gasteiger partial charge in [0, 0.05) is 0 Å². The lowest BCUT2D eigenvalue weighted by molar-refractivity contribution is -0.836. The van der Waals surface area contributed by atoms with E-state index in [1.54, 1.807) is 0 Å². The van der Waals surface area contributed by atoms with Crippen molar-refractivity contribution in [3.63, 3.8) is 0 Å². The van der Waals surface area contributed by atoms with Gasteiger partial charge in [-0.1, -0.05) is 24.3 Å². The maximum absolute atomic E-state index is 17.3. The molecule has 338 valence electrons. The Kier molecular flexibility index (Phi) is 11.5. The predicted molar refractivity (Wildman–Crippen MR) is 198 cm³/mol. The molecule has 0 aliphatic heterocycles. The van der Waals surface area contributed by atoms with Gasteiger partial charge in [-0.15, -0.1) is 21.9 Å². The Morgan fingerprint density at radius 1 is 0.246 bits per heavy atom. The Morgan fingerprint density at radius 3 is 0.585 bits per heavy atom. The van der Waals surface area contributed by atoms with Crippen molar-refractivity contribution in [2.45, 2.75) is 0 Å². The smallest absolute Gasteiger partial charge is 0.191 e. The first-order valence-corrected chi connectivity index (χ1v) is 18.1. The van der Waals surface area contributed by atoms with Crippen molar-refractivity contribution < 1.29 is 92.7 Å². The van der Waals surface area contributed by atoms with Gasteiger partial charge in [0.25, 0.3) is 0 Å². The Balaban J connectivity index is 0.00000151. The molecule has 0 amide bonds. The monoisotopic (exact) mass is 939 g/mol. The molecule has 0 aromatic heterocycles. The molecule has 8 aromatic carbocycles. The number of hydrogen-bond acceptors (Lipinski definition) is 0. The van der Waals surface area contributed by atoms with Crippen LogP contribution in [0.3, 0.4) is 0 Å². The van der Waals surface area contributed by atoms with Gasteiger partial charge >= 0.3 is 0 Å². The number of rotatable bonds is 4. The quantitative estimate of drug-likeness (QED) is 0.102. The van der Waals surface area contributed by atoms with Crippen molar-refractivity contribution in [2.75, 3.05) is 21.1 Å². The van der Waals surface area contributed by atoms with E-state index in [1.807, 2.05) is 0 Å². The summed E-state index contributed by atoms with van der Waals surface area (Å²) in [6.45, 7) is 0. The lowest BCUT2D eigenvalue weighted by Gasteiger charge is -2.47. The SMILES string of the molecule is C[NH+](C)C.Fc1ccc2c([B-](c3c(F)c(F)c(F)c4c(F)c(F)ccc34)(c3c(F)c(F)c(F)c4c(F)c(F)ccc34)c3c(F)c(F)c(F)c4c(F)c(F)ccc34)c(F)c(F)c(F)c2c1F. The first-order chi connectivity index (χ1) is 30.4.